The van der Waals surface area contributed by atoms with Gasteiger partial charge in [0.15, 0.2) is 5.11 Å². The van der Waals surface area contributed by atoms with Gasteiger partial charge in [0.1, 0.15) is 0 Å². The summed E-state index contributed by atoms with van der Waals surface area (Å²) in [6, 6.07) is 12.7. The van der Waals surface area contributed by atoms with Gasteiger partial charge in [-0.25, -0.2) is 4.79 Å². The Morgan fingerprint density at radius 3 is 2.78 bits per heavy atom. The minimum absolute atomic E-state index is 0.0726. The summed E-state index contributed by atoms with van der Waals surface area (Å²) >= 11 is 5.63. The van der Waals surface area contributed by atoms with Crippen molar-refractivity contribution in [2.24, 2.45) is 5.92 Å². The maximum Gasteiger partial charge on any atom is 0.339 e. The maximum absolute atomic E-state index is 12.1. The van der Waals surface area contributed by atoms with E-state index in [0.717, 1.165) is 31.7 Å². The summed E-state index contributed by atoms with van der Waals surface area (Å²) in [7, 11) is 1.36. The molecule has 2 atom stereocenters. The Hall–Kier alpha value is -2.67. The summed E-state index contributed by atoms with van der Waals surface area (Å²) in [4.78, 5) is 26.3. The fourth-order valence-corrected chi connectivity index (χ4v) is 4.40. The van der Waals surface area contributed by atoms with Gasteiger partial charge in [-0.05, 0) is 42.8 Å². The van der Waals surface area contributed by atoms with E-state index in [0.29, 0.717) is 22.3 Å². The molecule has 3 heterocycles. The number of pyridine rings is 1. The number of para-hydroxylation sites is 1. The third kappa shape index (κ3) is 3.35. The molecule has 2 aliphatic rings. The molecule has 1 fully saturated rings. The predicted octanol–water partition coefficient (Wildman–Crippen LogP) is 2.45. The second-order valence-corrected chi connectivity index (χ2v) is 7.46. The number of thiocarbonyl (C=S) groups is 1. The zero-order valence-corrected chi connectivity index (χ0v) is 15.9. The van der Waals surface area contributed by atoms with Gasteiger partial charge in [-0.15, -0.1) is 0 Å². The van der Waals surface area contributed by atoms with Crippen molar-refractivity contribution in [2.45, 2.75) is 18.9 Å². The zero-order chi connectivity index (χ0) is 19.0. The number of methoxy groups -OCH3 is 1. The molecule has 1 aromatic heterocycles. The molecule has 7 heteroatoms. The smallest absolute Gasteiger partial charge is 0.339 e. The Kier molecular flexibility index (Phi) is 4.70. The van der Waals surface area contributed by atoms with Crippen LogP contribution in [0.3, 0.4) is 0 Å². The molecule has 1 saturated heterocycles. The molecule has 1 aromatic carbocycles. The number of carbonyl (C=O) groups excluding carboxylic acids is 1. The number of carbonyl (C=O) groups is 1. The van der Waals surface area contributed by atoms with E-state index >= 15 is 0 Å². The van der Waals surface area contributed by atoms with Crippen molar-refractivity contribution in [1.29, 1.82) is 0 Å². The lowest BCUT2D eigenvalue weighted by Gasteiger charge is -2.43. The van der Waals surface area contributed by atoms with Crippen molar-refractivity contribution in [3.8, 4) is 0 Å². The molecular weight excluding hydrogens is 362 g/mol. The first-order chi connectivity index (χ1) is 13.1. The van der Waals surface area contributed by atoms with Crippen LogP contribution >= 0.6 is 12.2 Å². The van der Waals surface area contributed by atoms with Gasteiger partial charge in [0.25, 0.3) is 5.56 Å². The van der Waals surface area contributed by atoms with E-state index < -0.39 is 5.97 Å². The van der Waals surface area contributed by atoms with Gasteiger partial charge in [0.2, 0.25) is 0 Å². The normalized spacial score (nSPS) is 20.6. The fourth-order valence-electron chi connectivity index (χ4n) is 4.14. The summed E-state index contributed by atoms with van der Waals surface area (Å²) in [6.07, 6.45) is 1.07. The number of fused-ring (bicyclic) bond motifs is 4. The lowest BCUT2D eigenvalue weighted by Crippen LogP contribution is -2.50. The highest BCUT2D eigenvalue weighted by Gasteiger charge is 2.35. The molecule has 0 amide bonds. The SMILES string of the molecule is COC(=O)c1ccccc1NC(=S)N1CC2CC(C1)c1cccc(=O)n1C2. The Morgan fingerprint density at radius 1 is 1.15 bits per heavy atom. The molecule has 1 N–H and O–H groups in total. The number of ether oxygens (including phenoxy) is 1. The predicted molar refractivity (Wildman–Crippen MR) is 107 cm³/mol. The number of esters is 1. The third-order valence-corrected chi connectivity index (χ3v) is 5.70. The topological polar surface area (TPSA) is 63.6 Å². The number of nitrogens with one attached hydrogen (secondary N) is 1. The van der Waals surface area contributed by atoms with Crippen molar-refractivity contribution in [3.63, 3.8) is 0 Å². The van der Waals surface area contributed by atoms with Gasteiger partial charge < -0.3 is 19.5 Å². The molecule has 0 aliphatic carbocycles. The Morgan fingerprint density at radius 2 is 1.96 bits per heavy atom. The van der Waals surface area contributed by atoms with Crippen LogP contribution in [0.1, 0.15) is 28.4 Å². The lowest BCUT2D eigenvalue weighted by atomic mass is 9.83. The van der Waals surface area contributed by atoms with Gasteiger partial charge in [-0.3, -0.25) is 4.79 Å². The summed E-state index contributed by atoms with van der Waals surface area (Å²) in [5, 5.41) is 3.80. The molecule has 2 unspecified atom stereocenters. The van der Waals surface area contributed by atoms with Crippen LogP contribution in [0.4, 0.5) is 5.69 Å². The molecule has 140 valence electrons. The standard InChI is InChI=1S/C20H21N3O3S/c1-26-19(25)15-5-2-3-6-16(15)21-20(27)22-10-13-9-14(12-22)17-7-4-8-18(24)23(17)11-13/h2-8,13-14H,9-12H2,1H3,(H,21,27). The number of aromatic nitrogens is 1. The Balaban J connectivity index is 1.54. The highest BCUT2D eigenvalue weighted by Crippen LogP contribution is 2.35. The number of likely N-dealkylation sites (tertiary alicyclic amines) is 1. The molecule has 27 heavy (non-hydrogen) atoms. The summed E-state index contributed by atoms with van der Waals surface area (Å²) in [5.74, 6) is 0.263. The number of benzene rings is 1. The first-order valence-electron chi connectivity index (χ1n) is 9.00. The van der Waals surface area contributed by atoms with Crippen LogP contribution in [0.2, 0.25) is 0 Å². The number of hydrogen-bond acceptors (Lipinski definition) is 4. The van der Waals surface area contributed by atoms with E-state index in [1.807, 2.05) is 28.8 Å². The molecule has 6 nitrogen and oxygen atoms in total. The van der Waals surface area contributed by atoms with Crippen molar-refractivity contribution in [3.05, 3.63) is 64.1 Å². The number of hydrogen-bond donors (Lipinski definition) is 1. The quantitative estimate of drug-likeness (QED) is 0.635. The van der Waals surface area contributed by atoms with E-state index in [9.17, 15) is 9.59 Å². The molecule has 2 aliphatic heterocycles. The van der Waals surface area contributed by atoms with Crippen LogP contribution in [-0.2, 0) is 11.3 Å². The number of nitrogens with zero attached hydrogens (tertiary/aromatic N) is 2. The van der Waals surface area contributed by atoms with Crippen molar-refractivity contribution >= 4 is 29.0 Å². The van der Waals surface area contributed by atoms with E-state index in [4.69, 9.17) is 17.0 Å². The van der Waals surface area contributed by atoms with E-state index in [2.05, 4.69) is 10.2 Å². The number of anilines is 1. The van der Waals surface area contributed by atoms with Crippen molar-refractivity contribution in [2.75, 3.05) is 25.5 Å². The van der Waals surface area contributed by atoms with E-state index in [1.54, 1.807) is 18.2 Å². The van der Waals surface area contributed by atoms with Crippen LogP contribution in [0.5, 0.6) is 0 Å². The van der Waals surface area contributed by atoms with Gasteiger partial charge in [-0.2, -0.15) is 0 Å². The number of piperidine rings is 1. The van der Waals surface area contributed by atoms with Gasteiger partial charge in [0.05, 0.1) is 18.4 Å². The molecule has 0 radical (unpaired) electrons. The van der Waals surface area contributed by atoms with Crippen molar-refractivity contribution in [1.82, 2.24) is 9.47 Å². The lowest BCUT2D eigenvalue weighted by molar-refractivity contribution is 0.0602. The number of rotatable bonds is 2. The van der Waals surface area contributed by atoms with E-state index in [-0.39, 0.29) is 11.5 Å². The third-order valence-electron chi connectivity index (χ3n) is 5.34. The Labute approximate surface area is 162 Å². The van der Waals surface area contributed by atoms with E-state index in [1.165, 1.54) is 7.11 Å². The molecule has 4 rings (SSSR count). The second-order valence-electron chi connectivity index (χ2n) is 7.07. The van der Waals surface area contributed by atoms with Crippen LogP contribution in [0.25, 0.3) is 0 Å². The Bertz CT molecular complexity index is 955. The monoisotopic (exact) mass is 383 g/mol. The van der Waals surface area contributed by atoms with Gasteiger partial charge in [-0.1, -0.05) is 18.2 Å². The highest BCUT2D eigenvalue weighted by atomic mass is 32.1. The molecule has 2 aromatic rings. The summed E-state index contributed by atoms with van der Waals surface area (Å²) in [5.41, 5.74) is 2.25. The van der Waals surface area contributed by atoms with Crippen LogP contribution in [0.15, 0.2) is 47.3 Å². The van der Waals surface area contributed by atoms with Gasteiger partial charge in [0, 0.05) is 37.3 Å². The summed E-state index contributed by atoms with van der Waals surface area (Å²) < 4.78 is 6.75. The summed E-state index contributed by atoms with van der Waals surface area (Å²) in [6.45, 7) is 2.28. The largest absolute Gasteiger partial charge is 0.465 e. The average Bonchev–Trinajstić information content (AvgIpc) is 2.68. The van der Waals surface area contributed by atoms with Gasteiger partial charge >= 0.3 is 5.97 Å². The first kappa shape index (κ1) is 17.7. The van der Waals surface area contributed by atoms with Crippen molar-refractivity contribution < 1.29 is 9.53 Å². The molecular formula is C20H21N3O3S. The zero-order valence-electron chi connectivity index (χ0n) is 15.1. The second kappa shape index (κ2) is 7.15. The fraction of sp³-hybridized carbons (Fsp3) is 0.350. The molecule has 0 spiro atoms. The van der Waals surface area contributed by atoms with Crippen LogP contribution in [0, 0.1) is 5.92 Å². The first-order valence-corrected chi connectivity index (χ1v) is 9.40. The molecule has 2 bridgehead atoms. The average molecular weight is 383 g/mol. The van der Waals surface area contributed by atoms with Crippen LogP contribution < -0.4 is 10.9 Å². The minimum Gasteiger partial charge on any atom is -0.465 e. The minimum atomic E-state index is -0.398. The van der Waals surface area contributed by atoms with Crippen LogP contribution in [-0.4, -0.2) is 40.7 Å². The highest BCUT2D eigenvalue weighted by molar-refractivity contribution is 7.80. The molecule has 0 saturated carbocycles. The maximum atomic E-state index is 12.1.